The largest absolute Gasteiger partial charge is 0.326 e. The smallest absolute Gasteiger partial charge is 0.229 e. The Kier molecular flexibility index (Phi) is 6.42. The summed E-state index contributed by atoms with van der Waals surface area (Å²) in [6, 6.07) is 17.6. The Morgan fingerprint density at radius 3 is 2.54 bits per heavy atom. The molecule has 1 aliphatic rings. The van der Waals surface area contributed by atoms with Gasteiger partial charge in [-0.05, 0) is 49.2 Å². The Balaban J connectivity index is 1.60. The van der Waals surface area contributed by atoms with Crippen LogP contribution in [0.5, 0.6) is 0 Å². The first-order valence-corrected chi connectivity index (χ1v) is 9.56. The Hall–Kier alpha value is -2.17. The van der Waals surface area contributed by atoms with Crippen LogP contribution in [0.2, 0.25) is 0 Å². The van der Waals surface area contributed by atoms with Gasteiger partial charge in [0.2, 0.25) is 5.91 Å². The van der Waals surface area contributed by atoms with Gasteiger partial charge in [-0.25, -0.2) is 0 Å². The number of piperidine rings is 1. The first kappa shape index (κ1) is 18.6. The first-order chi connectivity index (χ1) is 12.6. The summed E-state index contributed by atoms with van der Waals surface area (Å²) in [5, 5.41) is 3.03. The number of nitrogens with two attached hydrogens (primary N) is 1. The number of hydrogen-bond acceptors (Lipinski definition) is 3. The molecule has 0 bridgehead atoms. The lowest BCUT2D eigenvalue weighted by molar-refractivity contribution is -0.120. The third kappa shape index (κ3) is 4.93. The molecule has 1 heterocycles. The highest BCUT2D eigenvalue weighted by Gasteiger charge is 2.22. The fourth-order valence-corrected chi connectivity index (χ4v) is 3.51. The molecule has 1 aliphatic heterocycles. The number of benzene rings is 2. The van der Waals surface area contributed by atoms with E-state index >= 15 is 0 Å². The van der Waals surface area contributed by atoms with Gasteiger partial charge in [0.15, 0.2) is 0 Å². The zero-order valence-electron chi connectivity index (χ0n) is 15.5. The monoisotopic (exact) mass is 351 g/mol. The topological polar surface area (TPSA) is 58.4 Å². The highest BCUT2D eigenvalue weighted by molar-refractivity contribution is 5.92. The molecule has 3 N–H and O–H groups in total. The van der Waals surface area contributed by atoms with Crippen molar-refractivity contribution in [3.63, 3.8) is 0 Å². The summed E-state index contributed by atoms with van der Waals surface area (Å²) in [7, 11) is 0. The first-order valence-electron chi connectivity index (χ1n) is 9.56. The van der Waals surface area contributed by atoms with E-state index in [9.17, 15) is 4.79 Å². The van der Waals surface area contributed by atoms with Crippen molar-refractivity contribution >= 4 is 11.6 Å². The van der Waals surface area contributed by atoms with Gasteiger partial charge < -0.3 is 11.1 Å². The molecule has 0 aliphatic carbocycles. The van der Waals surface area contributed by atoms with E-state index in [-0.39, 0.29) is 17.9 Å². The van der Waals surface area contributed by atoms with Gasteiger partial charge in [-0.1, -0.05) is 55.8 Å². The van der Waals surface area contributed by atoms with E-state index in [4.69, 9.17) is 5.73 Å². The lowest BCUT2D eigenvalue weighted by Gasteiger charge is -2.26. The number of carbonyl (C=O) groups excluding carboxylic acids is 1. The molecule has 4 nitrogen and oxygen atoms in total. The summed E-state index contributed by atoms with van der Waals surface area (Å²) in [6.07, 6.45) is 3.91. The third-order valence-corrected chi connectivity index (χ3v) is 5.19. The molecule has 1 amide bonds. The molecule has 26 heavy (non-hydrogen) atoms. The van der Waals surface area contributed by atoms with Crippen molar-refractivity contribution in [3.8, 4) is 0 Å². The highest BCUT2D eigenvalue weighted by atomic mass is 16.1. The highest BCUT2D eigenvalue weighted by Crippen LogP contribution is 2.22. The van der Waals surface area contributed by atoms with Crippen LogP contribution >= 0.6 is 0 Å². The maximum Gasteiger partial charge on any atom is 0.229 e. The average molecular weight is 351 g/mol. The van der Waals surface area contributed by atoms with Gasteiger partial charge >= 0.3 is 0 Å². The molecule has 0 spiro atoms. The molecule has 0 saturated carbocycles. The standard InChI is InChI=1S/C22H29N3O/c1-17(21(23)19-10-4-2-5-11-19)22(26)24-20-12-8-9-18(15-20)16-25-13-6-3-7-14-25/h2,4-5,8-12,15,17,21H,3,6-7,13-14,16,23H2,1H3,(H,24,26). The normalized spacial score (nSPS) is 17.5. The van der Waals surface area contributed by atoms with Crippen LogP contribution in [-0.2, 0) is 11.3 Å². The van der Waals surface area contributed by atoms with E-state index < -0.39 is 0 Å². The molecule has 0 radical (unpaired) electrons. The number of likely N-dealkylation sites (tertiary alicyclic amines) is 1. The summed E-state index contributed by atoms with van der Waals surface area (Å²) < 4.78 is 0. The average Bonchev–Trinajstić information content (AvgIpc) is 2.68. The summed E-state index contributed by atoms with van der Waals surface area (Å²) in [5.74, 6) is -0.348. The SMILES string of the molecule is CC(C(=O)Nc1cccc(CN2CCCCC2)c1)C(N)c1ccccc1. The van der Waals surface area contributed by atoms with E-state index in [2.05, 4.69) is 22.3 Å². The molecule has 2 aromatic rings. The fraction of sp³-hybridized carbons (Fsp3) is 0.409. The summed E-state index contributed by atoms with van der Waals surface area (Å²) in [6.45, 7) is 5.16. The predicted molar refractivity (Wildman–Crippen MR) is 107 cm³/mol. The van der Waals surface area contributed by atoms with Crippen LogP contribution in [0.3, 0.4) is 0 Å². The zero-order valence-corrected chi connectivity index (χ0v) is 15.5. The van der Waals surface area contributed by atoms with Gasteiger partial charge in [0.05, 0.1) is 5.92 Å². The Bertz CT molecular complexity index is 710. The van der Waals surface area contributed by atoms with Crippen molar-refractivity contribution in [1.82, 2.24) is 4.90 Å². The van der Waals surface area contributed by atoms with Gasteiger partial charge in [0, 0.05) is 18.3 Å². The zero-order chi connectivity index (χ0) is 18.4. The van der Waals surface area contributed by atoms with Crippen LogP contribution in [-0.4, -0.2) is 23.9 Å². The van der Waals surface area contributed by atoms with Crippen molar-refractivity contribution in [2.24, 2.45) is 11.7 Å². The van der Waals surface area contributed by atoms with Crippen LogP contribution in [0.4, 0.5) is 5.69 Å². The van der Waals surface area contributed by atoms with Gasteiger partial charge in [-0.15, -0.1) is 0 Å². The number of nitrogens with zero attached hydrogens (tertiary/aromatic N) is 1. The van der Waals surface area contributed by atoms with Crippen molar-refractivity contribution in [2.75, 3.05) is 18.4 Å². The van der Waals surface area contributed by atoms with Crippen molar-refractivity contribution in [2.45, 2.75) is 38.8 Å². The van der Waals surface area contributed by atoms with Crippen molar-refractivity contribution < 1.29 is 4.79 Å². The summed E-state index contributed by atoms with van der Waals surface area (Å²) in [4.78, 5) is 15.1. The molecule has 138 valence electrons. The minimum absolute atomic E-state index is 0.0449. The van der Waals surface area contributed by atoms with Crippen LogP contribution in [0.25, 0.3) is 0 Å². The fourth-order valence-electron chi connectivity index (χ4n) is 3.51. The third-order valence-electron chi connectivity index (χ3n) is 5.19. The van der Waals surface area contributed by atoms with E-state index in [1.807, 2.05) is 49.4 Å². The molecule has 2 unspecified atom stereocenters. The van der Waals surface area contributed by atoms with Crippen LogP contribution in [0.1, 0.15) is 43.4 Å². The molecule has 4 heteroatoms. The van der Waals surface area contributed by atoms with Crippen molar-refractivity contribution in [1.29, 1.82) is 0 Å². The van der Waals surface area contributed by atoms with Crippen LogP contribution in [0.15, 0.2) is 54.6 Å². The van der Waals surface area contributed by atoms with Crippen molar-refractivity contribution in [3.05, 3.63) is 65.7 Å². The second kappa shape index (κ2) is 8.97. The molecule has 0 aromatic heterocycles. The second-order valence-corrected chi connectivity index (χ2v) is 7.25. The lowest BCUT2D eigenvalue weighted by Crippen LogP contribution is -2.30. The van der Waals surface area contributed by atoms with E-state index in [0.717, 1.165) is 17.8 Å². The van der Waals surface area contributed by atoms with Gasteiger partial charge in [0.1, 0.15) is 0 Å². The second-order valence-electron chi connectivity index (χ2n) is 7.25. The van der Waals surface area contributed by atoms with Gasteiger partial charge in [0.25, 0.3) is 0 Å². The van der Waals surface area contributed by atoms with Crippen LogP contribution in [0, 0.1) is 5.92 Å². The number of amides is 1. The Morgan fingerprint density at radius 1 is 1.08 bits per heavy atom. The molecule has 3 rings (SSSR count). The predicted octanol–water partition coefficient (Wildman–Crippen LogP) is 3.95. The lowest BCUT2D eigenvalue weighted by atomic mass is 9.94. The van der Waals surface area contributed by atoms with Gasteiger partial charge in [-0.2, -0.15) is 0 Å². The quantitative estimate of drug-likeness (QED) is 0.828. The van der Waals surface area contributed by atoms with E-state index in [1.165, 1.54) is 37.9 Å². The Labute approximate surface area is 156 Å². The number of carbonyl (C=O) groups is 1. The number of rotatable bonds is 6. The molecule has 1 fully saturated rings. The number of nitrogens with one attached hydrogen (secondary N) is 1. The molecular weight excluding hydrogens is 322 g/mol. The van der Waals surface area contributed by atoms with Crippen LogP contribution < -0.4 is 11.1 Å². The number of anilines is 1. The molecule has 1 saturated heterocycles. The molecular formula is C22H29N3O. The summed E-state index contributed by atoms with van der Waals surface area (Å²) in [5.41, 5.74) is 9.34. The maximum absolute atomic E-state index is 12.6. The molecule has 2 aromatic carbocycles. The minimum atomic E-state index is -0.312. The molecule has 2 atom stereocenters. The summed E-state index contributed by atoms with van der Waals surface area (Å²) >= 11 is 0. The Morgan fingerprint density at radius 2 is 1.81 bits per heavy atom. The minimum Gasteiger partial charge on any atom is -0.326 e. The maximum atomic E-state index is 12.6. The van der Waals surface area contributed by atoms with E-state index in [0.29, 0.717) is 0 Å². The van der Waals surface area contributed by atoms with Gasteiger partial charge in [-0.3, -0.25) is 9.69 Å². The number of hydrogen-bond donors (Lipinski definition) is 2. The van der Waals surface area contributed by atoms with E-state index in [1.54, 1.807) is 0 Å².